The van der Waals surface area contributed by atoms with Gasteiger partial charge in [0.1, 0.15) is 0 Å². The van der Waals surface area contributed by atoms with Gasteiger partial charge in [0.25, 0.3) is 0 Å². The third-order valence-electron chi connectivity index (χ3n) is 5.86. The minimum atomic E-state index is 0.00399. The van der Waals surface area contributed by atoms with Crippen molar-refractivity contribution in [1.82, 2.24) is 20.4 Å². The molecular weight excluding hydrogens is 316 g/mol. The van der Waals surface area contributed by atoms with E-state index in [0.29, 0.717) is 18.4 Å². The van der Waals surface area contributed by atoms with E-state index in [1.54, 1.807) is 0 Å². The number of carbonyl (C=O) groups is 2. The van der Waals surface area contributed by atoms with Gasteiger partial charge in [0.15, 0.2) is 0 Å². The smallest absolute Gasteiger partial charge is 0.237 e. The van der Waals surface area contributed by atoms with Crippen LogP contribution in [0.4, 0.5) is 0 Å². The first-order valence-electron chi connectivity index (χ1n) is 10.2. The number of hydrogen-bond acceptors (Lipinski definition) is 4. The molecule has 0 aromatic rings. The van der Waals surface area contributed by atoms with Crippen molar-refractivity contribution < 1.29 is 9.59 Å². The summed E-state index contributed by atoms with van der Waals surface area (Å²) in [5, 5.41) is 6.36. The Bertz CT molecular complexity index is 443. The molecule has 0 spiro atoms. The molecule has 25 heavy (non-hydrogen) atoms. The molecule has 6 heteroatoms. The normalized spacial score (nSPS) is 28.6. The van der Waals surface area contributed by atoms with Crippen LogP contribution in [0.15, 0.2) is 0 Å². The van der Waals surface area contributed by atoms with Crippen molar-refractivity contribution >= 4 is 11.8 Å². The predicted octanol–water partition coefficient (Wildman–Crippen LogP) is 0.969. The van der Waals surface area contributed by atoms with Crippen LogP contribution < -0.4 is 10.6 Å². The van der Waals surface area contributed by atoms with E-state index in [4.69, 9.17) is 0 Å². The van der Waals surface area contributed by atoms with Crippen LogP contribution in [0.5, 0.6) is 0 Å². The topological polar surface area (TPSA) is 64.7 Å². The summed E-state index contributed by atoms with van der Waals surface area (Å²) in [5.41, 5.74) is 0. The number of rotatable bonds is 5. The van der Waals surface area contributed by atoms with Gasteiger partial charge in [-0.3, -0.25) is 14.5 Å². The lowest BCUT2D eigenvalue weighted by atomic mass is 9.97. The largest absolute Gasteiger partial charge is 0.354 e. The van der Waals surface area contributed by atoms with Crippen LogP contribution in [0, 0.1) is 5.92 Å². The highest BCUT2D eigenvalue weighted by atomic mass is 16.2. The van der Waals surface area contributed by atoms with Crippen LogP contribution in [0.25, 0.3) is 0 Å². The van der Waals surface area contributed by atoms with Crippen molar-refractivity contribution in [2.24, 2.45) is 5.92 Å². The molecule has 0 aliphatic carbocycles. The number of likely N-dealkylation sites (tertiary alicyclic amines) is 2. The second kappa shape index (κ2) is 9.53. The summed E-state index contributed by atoms with van der Waals surface area (Å²) < 4.78 is 0. The van der Waals surface area contributed by atoms with Gasteiger partial charge in [-0.25, -0.2) is 0 Å². The molecule has 3 aliphatic rings. The van der Waals surface area contributed by atoms with Crippen LogP contribution in [0.2, 0.25) is 0 Å². The van der Waals surface area contributed by atoms with Crippen molar-refractivity contribution in [2.75, 3.05) is 45.8 Å². The van der Waals surface area contributed by atoms with Gasteiger partial charge in [0.05, 0.1) is 12.6 Å². The molecule has 6 nitrogen and oxygen atoms in total. The molecule has 3 heterocycles. The second-order valence-corrected chi connectivity index (χ2v) is 7.93. The van der Waals surface area contributed by atoms with Gasteiger partial charge in [-0.05, 0) is 57.5 Å². The zero-order chi connectivity index (χ0) is 17.5. The third kappa shape index (κ3) is 5.68. The third-order valence-corrected chi connectivity index (χ3v) is 5.86. The molecule has 0 radical (unpaired) electrons. The van der Waals surface area contributed by atoms with Crippen LogP contribution in [-0.4, -0.2) is 73.5 Å². The quantitative estimate of drug-likeness (QED) is 0.775. The minimum Gasteiger partial charge on any atom is -0.354 e. The summed E-state index contributed by atoms with van der Waals surface area (Å²) in [6.45, 7) is 6.04. The summed E-state index contributed by atoms with van der Waals surface area (Å²) in [6, 6.07) is 0.00399. The first-order valence-corrected chi connectivity index (χ1v) is 10.2. The van der Waals surface area contributed by atoms with Gasteiger partial charge in [0.2, 0.25) is 11.8 Å². The van der Waals surface area contributed by atoms with E-state index in [2.05, 4.69) is 20.4 Å². The van der Waals surface area contributed by atoms with E-state index < -0.39 is 0 Å². The van der Waals surface area contributed by atoms with Crippen LogP contribution in [-0.2, 0) is 9.59 Å². The Morgan fingerprint density at radius 3 is 2.48 bits per heavy atom. The van der Waals surface area contributed by atoms with Crippen molar-refractivity contribution in [3.8, 4) is 0 Å². The maximum Gasteiger partial charge on any atom is 0.237 e. The number of amides is 2. The first kappa shape index (κ1) is 18.6. The van der Waals surface area contributed by atoms with Gasteiger partial charge in [0, 0.05) is 26.2 Å². The van der Waals surface area contributed by atoms with Crippen molar-refractivity contribution in [3.05, 3.63) is 0 Å². The average molecular weight is 351 g/mol. The maximum absolute atomic E-state index is 12.6. The highest BCUT2D eigenvalue weighted by molar-refractivity contribution is 5.82. The van der Waals surface area contributed by atoms with Gasteiger partial charge in [-0.1, -0.05) is 12.8 Å². The second-order valence-electron chi connectivity index (χ2n) is 7.93. The molecule has 3 fully saturated rings. The highest BCUT2D eigenvalue weighted by Crippen LogP contribution is 2.17. The fourth-order valence-corrected chi connectivity index (χ4v) is 4.35. The number of hydrogen-bond donors (Lipinski definition) is 2. The first-order chi connectivity index (χ1) is 12.2. The Morgan fingerprint density at radius 2 is 1.76 bits per heavy atom. The Morgan fingerprint density at radius 1 is 0.960 bits per heavy atom. The molecule has 0 bridgehead atoms. The van der Waals surface area contributed by atoms with E-state index >= 15 is 0 Å². The van der Waals surface area contributed by atoms with E-state index in [-0.39, 0.29) is 11.9 Å². The summed E-state index contributed by atoms with van der Waals surface area (Å²) in [7, 11) is 0. The molecule has 2 amide bonds. The number of nitrogens with zero attached hydrogens (tertiary/aromatic N) is 2. The lowest BCUT2D eigenvalue weighted by Gasteiger charge is -2.34. The Kier molecular flexibility index (Phi) is 7.11. The molecule has 2 atom stereocenters. The lowest BCUT2D eigenvalue weighted by molar-refractivity contribution is -0.133. The average Bonchev–Trinajstić information content (AvgIpc) is 3.02. The summed E-state index contributed by atoms with van der Waals surface area (Å²) in [5.74, 6) is 0.910. The number of piperidine rings is 1. The van der Waals surface area contributed by atoms with Crippen LogP contribution >= 0.6 is 0 Å². The van der Waals surface area contributed by atoms with Crippen molar-refractivity contribution in [2.45, 2.75) is 57.4 Å². The van der Waals surface area contributed by atoms with E-state index in [9.17, 15) is 9.59 Å². The van der Waals surface area contributed by atoms with Crippen molar-refractivity contribution in [1.29, 1.82) is 0 Å². The standard InChI is InChI=1S/C19H34N4O2/c24-18(23-11-3-1-2-4-12-23)15-22-10-6-7-16(14-22)13-21-19(25)17-8-5-9-20-17/h16-17,20H,1-15H2,(H,21,25). The monoisotopic (exact) mass is 350 g/mol. The molecule has 2 unspecified atom stereocenters. The minimum absolute atomic E-state index is 0.00399. The number of nitrogens with one attached hydrogen (secondary N) is 2. The molecule has 3 saturated heterocycles. The molecule has 142 valence electrons. The molecule has 0 saturated carbocycles. The Balaban J connectivity index is 1.39. The number of carbonyl (C=O) groups excluding carboxylic acids is 2. The highest BCUT2D eigenvalue weighted by Gasteiger charge is 2.26. The Hall–Kier alpha value is -1.14. The lowest BCUT2D eigenvalue weighted by Crippen LogP contribution is -2.48. The van der Waals surface area contributed by atoms with Gasteiger partial charge >= 0.3 is 0 Å². The molecule has 0 aromatic carbocycles. The van der Waals surface area contributed by atoms with Crippen molar-refractivity contribution in [3.63, 3.8) is 0 Å². The zero-order valence-electron chi connectivity index (χ0n) is 15.5. The molecular formula is C19H34N4O2. The molecule has 3 rings (SSSR count). The van der Waals surface area contributed by atoms with Crippen LogP contribution in [0.1, 0.15) is 51.4 Å². The zero-order valence-corrected chi connectivity index (χ0v) is 15.5. The van der Waals surface area contributed by atoms with Gasteiger partial charge < -0.3 is 15.5 Å². The van der Waals surface area contributed by atoms with E-state index in [0.717, 1.165) is 77.8 Å². The summed E-state index contributed by atoms with van der Waals surface area (Å²) in [4.78, 5) is 29.1. The fourth-order valence-electron chi connectivity index (χ4n) is 4.35. The van der Waals surface area contributed by atoms with E-state index in [1.165, 1.54) is 12.8 Å². The Labute approximate surface area is 151 Å². The van der Waals surface area contributed by atoms with Gasteiger partial charge in [-0.2, -0.15) is 0 Å². The fraction of sp³-hybridized carbons (Fsp3) is 0.895. The predicted molar refractivity (Wildman–Crippen MR) is 98.2 cm³/mol. The molecule has 3 aliphatic heterocycles. The molecule has 2 N–H and O–H groups in total. The maximum atomic E-state index is 12.6. The molecule has 0 aromatic heterocycles. The summed E-state index contributed by atoms with van der Waals surface area (Å²) in [6.07, 6.45) is 9.12. The SMILES string of the molecule is O=C(NCC1CCCN(CC(=O)N2CCCCCC2)C1)C1CCCN1. The van der Waals surface area contributed by atoms with Crippen LogP contribution in [0.3, 0.4) is 0 Å². The summed E-state index contributed by atoms with van der Waals surface area (Å²) >= 11 is 0. The van der Waals surface area contributed by atoms with Gasteiger partial charge in [-0.15, -0.1) is 0 Å². The van der Waals surface area contributed by atoms with E-state index in [1.807, 2.05) is 0 Å².